The number of benzene rings is 1. The molecule has 2 N–H and O–H groups in total. The molecule has 0 atom stereocenters. The molecular weight excluding hydrogens is 348 g/mol. The summed E-state index contributed by atoms with van der Waals surface area (Å²) in [5.74, 6) is 0.974. The smallest absolute Gasteiger partial charge is 0.220 e. The number of rotatable bonds is 6. The second kappa shape index (κ2) is 8.20. The van der Waals surface area contributed by atoms with E-state index >= 15 is 0 Å². The van der Waals surface area contributed by atoms with Crippen molar-refractivity contribution in [2.75, 3.05) is 25.4 Å². The summed E-state index contributed by atoms with van der Waals surface area (Å²) in [6.07, 6.45) is 2.85. The summed E-state index contributed by atoms with van der Waals surface area (Å²) in [6.45, 7) is 5.19. The van der Waals surface area contributed by atoms with Gasteiger partial charge in [0.25, 0.3) is 0 Å². The standard InChI is InChI=1S/C16H23BrN2OS/c1-16(7-9-18-10-8-16)12-19-15(20)6-11-21-14-5-3-2-4-13(14)17/h2-5,18H,6-12H2,1H3,(H,19,20). The molecule has 1 amide bonds. The van der Waals surface area contributed by atoms with E-state index in [9.17, 15) is 4.79 Å². The molecule has 1 heterocycles. The molecule has 3 nitrogen and oxygen atoms in total. The topological polar surface area (TPSA) is 41.1 Å². The predicted octanol–water partition coefficient (Wildman–Crippen LogP) is 3.44. The van der Waals surface area contributed by atoms with Crippen molar-refractivity contribution in [3.63, 3.8) is 0 Å². The van der Waals surface area contributed by atoms with E-state index in [2.05, 4.69) is 39.6 Å². The first kappa shape index (κ1) is 16.8. The van der Waals surface area contributed by atoms with E-state index in [0.717, 1.165) is 42.7 Å². The summed E-state index contributed by atoms with van der Waals surface area (Å²) in [6, 6.07) is 8.12. The van der Waals surface area contributed by atoms with Gasteiger partial charge in [0.05, 0.1) is 0 Å². The van der Waals surface area contributed by atoms with Crippen LogP contribution in [-0.4, -0.2) is 31.3 Å². The lowest BCUT2D eigenvalue weighted by Crippen LogP contribution is -2.42. The van der Waals surface area contributed by atoms with Crippen molar-refractivity contribution in [2.24, 2.45) is 5.41 Å². The van der Waals surface area contributed by atoms with Crippen LogP contribution in [0.2, 0.25) is 0 Å². The van der Waals surface area contributed by atoms with Crippen LogP contribution in [0.4, 0.5) is 0 Å². The van der Waals surface area contributed by atoms with Gasteiger partial charge in [-0.15, -0.1) is 11.8 Å². The summed E-state index contributed by atoms with van der Waals surface area (Å²) in [5.41, 5.74) is 0.260. The molecule has 0 saturated carbocycles. The Bertz CT molecular complexity index is 475. The maximum absolute atomic E-state index is 12.0. The summed E-state index contributed by atoms with van der Waals surface area (Å²) in [4.78, 5) is 13.1. The zero-order valence-electron chi connectivity index (χ0n) is 12.5. The van der Waals surface area contributed by atoms with E-state index in [4.69, 9.17) is 0 Å². The number of amides is 1. The molecule has 0 aromatic heterocycles. The molecule has 1 fully saturated rings. The molecule has 21 heavy (non-hydrogen) atoms. The first-order valence-electron chi connectivity index (χ1n) is 7.44. The van der Waals surface area contributed by atoms with Gasteiger partial charge in [0.15, 0.2) is 0 Å². The Kier molecular flexibility index (Phi) is 6.58. The monoisotopic (exact) mass is 370 g/mol. The molecule has 0 radical (unpaired) electrons. The molecule has 1 saturated heterocycles. The third-order valence-corrected chi connectivity index (χ3v) is 5.98. The molecule has 1 aliphatic heterocycles. The van der Waals surface area contributed by atoms with Crippen molar-refractivity contribution in [2.45, 2.75) is 31.1 Å². The van der Waals surface area contributed by atoms with Crippen LogP contribution in [0.25, 0.3) is 0 Å². The number of nitrogens with one attached hydrogen (secondary N) is 2. The number of hydrogen-bond donors (Lipinski definition) is 2. The average molecular weight is 371 g/mol. The number of piperidine rings is 1. The lowest BCUT2D eigenvalue weighted by atomic mass is 9.81. The van der Waals surface area contributed by atoms with Crippen molar-refractivity contribution in [3.05, 3.63) is 28.7 Å². The van der Waals surface area contributed by atoms with Gasteiger partial charge in [0.2, 0.25) is 5.91 Å². The summed E-state index contributed by atoms with van der Waals surface area (Å²) in [5, 5.41) is 6.47. The molecule has 116 valence electrons. The average Bonchev–Trinajstić information content (AvgIpc) is 2.48. The molecule has 1 aromatic carbocycles. The lowest BCUT2D eigenvalue weighted by molar-refractivity contribution is -0.121. The third kappa shape index (κ3) is 5.64. The normalized spacial score (nSPS) is 17.4. The quantitative estimate of drug-likeness (QED) is 0.753. The van der Waals surface area contributed by atoms with E-state index in [0.29, 0.717) is 6.42 Å². The number of carbonyl (C=O) groups is 1. The highest BCUT2D eigenvalue weighted by molar-refractivity contribution is 9.10. The lowest BCUT2D eigenvalue weighted by Gasteiger charge is -2.34. The highest BCUT2D eigenvalue weighted by Crippen LogP contribution is 2.28. The second-order valence-corrected chi connectivity index (χ2v) is 7.86. The number of carbonyl (C=O) groups excluding carboxylic acids is 1. The van der Waals surface area contributed by atoms with Crippen molar-refractivity contribution in [1.82, 2.24) is 10.6 Å². The molecule has 1 aromatic rings. The Morgan fingerprint density at radius 2 is 2.10 bits per heavy atom. The molecule has 2 rings (SSSR count). The Morgan fingerprint density at radius 1 is 1.38 bits per heavy atom. The Morgan fingerprint density at radius 3 is 2.81 bits per heavy atom. The molecule has 0 unspecified atom stereocenters. The van der Waals surface area contributed by atoms with Crippen LogP contribution in [0.3, 0.4) is 0 Å². The maximum atomic E-state index is 12.0. The van der Waals surface area contributed by atoms with Gasteiger partial charge in [0.1, 0.15) is 0 Å². The van der Waals surface area contributed by atoms with Crippen molar-refractivity contribution >= 4 is 33.6 Å². The molecule has 5 heteroatoms. The minimum Gasteiger partial charge on any atom is -0.356 e. The van der Waals surface area contributed by atoms with E-state index < -0.39 is 0 Å². The zero-order chi connectivity index (χ0) is 15.1. The fourth-order valence-electron chi connectivity index (χ4n) is 2.42. The van der Waals surface area contributed by atoms with E-state index in [-0.39, 0.29) is 11.3 Å². The number of thioether (sulfide) groups is 1. The van der Waals surface area contributed by atoms with Crippen molar-refractivity contribution < 1.29 is 4.79 Å². The van der Waals surface area contributed by atoms with Crippen LogP contribution in [-0.2, 0) is 4.79 Å². The summed E-state index contributed by atoms with van der Waals surface area (Å²) >= 11 is 5.24. The maximum Gasteiger partial charge on any atom is 0.220 e. The fraction of sp³-hybridized carbons (Fsp3) is 0.562. The first-order valence-corrected chi connectivity index (χ1v) is 9.22. The van der Waals surface area contributed by atoms with Crippen molar-refractivity contribution in [1.29, 1.82) is 0 Å². The number of hydrogen-bond acceptors (Lipinski definition) is 3. The largest absolute Gasteiger partial charge is 0.356 e. The van der Waals surface area contributed by atoms with E-state index in [1.54, 1.807) is 11.8 Å². The van der Waals surface area contributed by atoms with Crippen LogP contribution in [0.5, 0.6) is 0 Å². The van der Waals surface area contributed by atoms with Crippen LogP contribution in [0, 0.1) is 5.41 Å². The first-order chi connectivity index (χ1) is 10.1. The van der Waals surface area contributed by atoms with Gasteiger partial charge in [-0.25, -0.2) is 0 Å². The Balaban J connectivity index is 1.67. The van der Waals surface area contributed by atoms with Gasteiger partial charge in [-0.2, -0.15) is 0 Å². The zero-order valence-corrected chi connectivity index (χ0v) is 14.9. The van der Waals surface area contributed by atoms with Gasteiger partial charge in [-0.3, -0.25) is 4.79 Å². The predicted molar refractivity (Wildman–Crippen MR) is 92.7 cm³/mol. The van der Waals surface area contributed by atoms with Gasteiger partial charge in [-0.1, -0.05) is 19.1 Å². The van der Waals surface area contributed by atoms with E-state index in [1.165, 1.54) is 4.90 Å². The molecular formula is C16H23BrN2OS. The van der Waals surface area contributed by atoms with Crippen molar-refractivity contribution in [3.8, 4) is 0 Å². The highest BCUT2D eigenvalue weighted by Gasteiger charge is 2.26. The fourth-order valence-corrected chi connectivity index (χ4v) is 3.94. The third-order valence-electron chi connectivity index (χ3n) is 3.95. The second-order valence-electron chi connectivity index (χ2n) is 5.87. The van der Waals surface area contributed by atoms with Crippen LogP contribution >= 0.6 is 27.7 Å². The minimum atomic E-state index is 0.161. The Hall–Kier alpha value is -0.520. The molecule has 0 bridgehead atoms. The van der Waals surface area contributed by atoms with Gasteiger partial charge < -0.3 is 10.6 Å². The number of halogens is 1. The van der Waals surface area contributed by atoms with Gasteiger partial charge >= 0.3 is 0 Å². The van der Waals surface area contributed by atoms with Crippen LogP contribution < -0.4 is 10.6 Å². The van der Waals surface area contributed by atoms with Crippen LogP contribution in [0.1, 0.15) is 26.2 Å². The van der Waals surface area contributed by atoms with Gasteiger partial charge in [0, 0.05) is 28.1 Å². The SMILES string of the molecule is CC1(CNC(=O)CCSc2ccccc2Br)CCNCC1. The summed E-state index contributed by atoms with van der Waals surface area (Å²) < 4.78 is 1.10. The van der Waals surface area contributed by atoms with Gasteiger partial charge in [-0.05, 0) is 59.4 Å². The van der Waals surface area contributed by atoms with Crippen LogP contribution in [0.15, 0.2) is 33.6 Å². The molecule has 0 aliphatic carbocycles. The van der Waals surface area contributed by atoms with E-state index in [1.807, 2.05) is 18.2 Å². The Labute approximate surface area is 139 Å². The summed E-state index contributed by atoms with van der Waals surface area (Å²) in [7, 11) is 0. The molecule has 1 aliphatic rings. The highest BCUT2D eigenvalue weighted by atomic mass is 79.9. The molecule has 0 spiro atoms. The minimum absolute atomic E-state index is 0.161.